The van der Waals surface area contributed by atoms with Crippen molar-refractivity contribution in [1.82, 2.24) is 14.8 Å². The number of cyclic esters (lactones) is 1. The molecule has 0 amide bonds. The molecule has 2 aromatic carbocycles. The van der Waals surface area contributed by atoms with Gasteiger partial charge >= 0.3 is 5.97 Å². The quantitative estimate of drug-likeness (QED) is 0.384. The van der Waals surface area contributed by atoms with Crippen LogP contribution < -0.4 is 0 Å². The third-order valence-electron chi connectivity index (χ3n) is 4.63. The van der Waals surface area contributed by atoms with E-state index in [-0.39, 0.29) is 5.70 Å². The predicted molar refractivity (Wildman–Crippen MR) is 114 cm³/mol. The van der Waals surface area contributed by atoms with Gasteiger partial charge in [-0.05, 0) is 42.5 Å². The molecule has 30 heavy (non-hydrogen) atoms. The van der Waals surface area contributed by atoms with Gasteiger partial charge in [-0.2, -0.15) is 5.10 Å². The second-order valence-electron chi connectivity index (χ2n) is 6.66. The van der Waals surface area contributed by atoms with Crippen LogP contribution in [0.1, 0.15) is 11.1 Å². The van der Waals surface area contributed by atoms with Crippen LogP contribution in [-0.2, 0) is 9.53 Å². The molecule has 3 heterocycles. The lowest BCUT2D eigenvalue weighted by atomic mass is 10.1. The van der Waals surface area contributed by atoms with Crippen LogP contribution in [0.15, 0.2) is 102 Å². The molecule has 0 radical (unpaired) electrons. The number of esters is 1. The maximum Gasteiger partial charge on any atom is 0.363 e. The molecule has 0 atom stereocenters. The first-order valence-corrected chi connectivity index (χ1v) is 9.41. The molecule has 1 aliphatic rings. The van der Waals surface area contributed by atoms with E-state index < -0.39 is 5.97 Å². The molecule has 0 fully saturated rings. The van der Waals surface area contributed by atoms with Crippen molar-refractivity contribution in [1.29, 1.82) is 0 Å². The number of hydrogen-bond donors (Lipinski definition) is 0. The molecular weight excluding hydrogens is 376 g/mol. The Morgan fingerprint density at radius 2 is 1.60 bits per heavy atom. The lowest BCUT2D eigenvalue weighted by Crippen LogP contribution is -2.04. The van der Waals surface area contributed by atoms with E-state index >= 15 is 0 Å². The van der Waals surface area contributed by atoms with Crippen molar-refractivity contribution in [2.24, 2.45) is 4.99 Å². The fourth-order valence-electron chi connectivity index (χ4n) is 3.19. The summed E-state index contributed by atoms with van der Waals surface area (Å²) in [4.78, 5) is 21.0. The molecule has 0 N–H and O–H groups in total. The number of pyridine rings is 1. The Morgan fingerprint density at radius 3 is 2.33 bits per heavy atom. The van der Waals surface area contributed by atoms with Gasteiger partial charge in [0.15, 0.2) is 5.70 Å². The van der Waals surface area contributed by atoms with Gasteiger partial charge in [0.2, 0.25) is 5.90 Å². The monoisotopic (exact) mass is 392 g/mol. The maximum atomic E-state index is 12.4. The highest BCUT2D eigenvalue weighted by molar-refractivity contribution is 6.13. The molecule has 6 nitrogen and oxygen atoms in total. The number of nitrogens with zero attached hydrogens (tertiary/aromatic N) is 4. The van der Waals surface area contributed by atoms with Crippen molar-refractivity contribution < 1.29 is 9.53 Å². The largest absolute Gasteiger partial charge is 0.402 e. The van der Waals surface area contributed by atoms with Gasteiger partial charge < -0.3 is 4.74 Å². The molecule has 0 spiro atoms. The molecule has 6 heteroatoms. The van der Waals surface area contributed by atoms with E-state index in [4.69, 9.17) is 9.84 Å². The summed E-state index contributed by atoms with van der Waals surface area (Å²) in [5, 5.41) is 4.73. The smallest absolute Gasteiger partial charge is 0.363 e. The molecule has 0 unspecified atom stereocenters. The summed E-state index contributed by atoms with van der Waals surface area (Å²) in [5.41, 5.74) is 4.19. The maximum absolute atomic E-state index is 12.4. The van der Waals surface area contributed by atoms with E-state index in [0.29, 0.717) is 11.6 Å². The number of carbonyl (C=O) groups is 1. The zero-order chi connectivity index (χ0) is 20.3. The molecule has 5 rings (SSSR count). The zero-order valence-electron chi connectivity index (χ0n) is 15.8. The molecular formula is C24H16N4O2. The third kappa shape index (κ3) is 3.42. The SMILES string of the molecule is O=C1OC(c2ccccc2)=N/C1=C\c1cn(-c2ccccc2)nc1-c1cccnc1. The Morgan fingerprint density at radius 1 is 0.867 bits per heavy atom. The van der Waals surface area contributed by atoms with E-state index in [1.165, 1.54) is 0 Å². The van der Waals surface area contributed by atoms with E-state index in [1.807, 2.05) is 79.0 Å². The van der Waals surface area contributed by atoms with Crippen molar-refractivity contribution in [2.45, 2.75) is 0 Å². The fraction of sp³-hybridized carbons (Fsp3) is 0. The van der Waals surface area contributed by atoms with Gasteiger partial charge in [0.25, 0.3) is 0 Å². The summed E-state index contributed by atoms with van der Waals surface area (Å²) >= 11 is 0. The number of benzene rings is 2. The normalized spacial score (nSPS) is 14.6. The van der Waals surface area contributed by atoms with Crippen LogP contribution in [0, 0.1) is 0 Å². The first-order valence-electron chi connectivity index (χ1n) is 9.41. The van der Waals surface area contributed by atoms with Gasteiger partial charge in [0.1, 0.15) is 5.69 Å². The second-order valence-corrected chi connectivity index (χ2v) is 6.66. The van der Waals surface area contributed by atoms with Crippen molar-refractivity contribution in [3.05, 3.63) is 108 Å². The van der Waals surface area contributed by atoms with Gasteiger partial charge in [-0.1, -0.05) is 36.4 Å². The number of para-hydroxylation sites is 1. The number of rotatable bonds is 4. The lowest BCUT2D eigenvalue weighted by Gasteiger charge is -1.99. The van der Waals surface area contributed by atoms with Gasteiger partial charge in [-0.15, -0.1) is 0 Å². The highest BCUT2D eigenvalue weighted by Crippen LogP contribution is 2.27. The summed E-state index contributed by atoms with van der Waals surface area (Å²) < 4.78 is 7.15. The van der Waals surface area contributed by atoms with Crippen LogP contribution >= 0.6 is 0 Å². The minimum atomic E-state index is -0.488. The highest BCUT2D eigenvalue weighted by Gasteiger charge is 2.25. The zero-order valence-corrected chi connectivity index (χ0v) is 15.8. The van der Waals surface area contributed by atoms with Gasteiger partial charge in [0, 0.05) is 35.3 Å². The summed E-state index contributed by atoms with van der Waals surface area (Å²) in [5.74, 6) is -0.191. The van der Waals surface area contributed by atoms with Gasteiger partial charge in [-0.3, -0.25) is 4.98 Å². The number of carbonyl (C=O) groups excluding carboxylic acids is 1. The minimum Gasteiger partial charge on any atom is -0.402 e. The first kappa shape index (κ1) is 17.8. The van der Waals surface area contributed by atoms with E-state index in [1.54, 1.807) is 23.2 Å². The third-order valence-corrected chi connectivity index (χ3v) is 4.63. The van der Waals surface area contributed by atoms with Crippen LogP contribution in [0.25, 0.3) is 23.0 Å². The van der Waals surface area contributed by atoms with Crippen LogP contribution in [-0.4, -0.2) is 26.6 Å². The number of ether oxygens (including phenoxy) is 1. The molecule has 1 aliphatic heterocycles. The van der Waals surface area contributed by atoms with Crippen molar-refractivity contribution in [2.75, 3.05) is 0 Å². The number of hydrogen-bond acceptors (Lipinski definition) is 5. The molecule has 0 saturated carbocycles. The fourth-order valence-corrected chi connectivity index (χ4v) is 3.19. The molecule has 2 aromatic heterocycles. The average Bonchev–Trinajstić information content (AvgIpc) is 3.40. The summed E-state index contributed by atoms with van der Waals surface area (Å²) in [6.07, 6.45) is 7.02. The molecule has 144 valence electrons. The summed E-state index contributed by atoms with van der Waals surface area (Å²) in [6, 6.07) is 22.9. The standard InChI is InChI=1S/C24H16N4O2/c29-24-21(26-23(30-24)17-8-3-1-4-9-17)14-19-16-28(20-11-5-2-6-12-20)27-22(19)18-10-7-13-25-15-18/h1-16H/b21-14-. The van der Waals surface area contributed by atoms with Crippen molar-refractivity contribution >= 4 is 17.9 Å². The van der Waals surface area contributed by atoms with Gasteiger partial charge in [-0.25, -0.2) is 14.5 Å². The van der Waals surface area contributed by atoms with Crippen LogP contribution in [0.3, 0.4) is 0 Å². The minimum absolute atomic E-state index is 0.228. The first-order chi connectivity index (χ1) is 14.8. The van der Waals surface area contributed by atoms with E-state index in [2.05, 4.69) is 9.98 Å². The molecule has 0 saturated heterocycles. The Balaban J connectivity index is 1.60. The Labute approximate surface area is 172 Å². The van der Waals surface area contributed by atoms with Crippen LogP contribution in [0.5, 0.6) is 0 Å². The molecule has 0 bridgehead atoms. The van der Waals surface area contributed by atoms with E-state index in [0.717, 1.165) is 22.4 Å². The second kappa shape index (κ2) is 7.60. The number of aromatic nitrogens is 3. The molecule has 4 aromatic rings. The highest BCUT2D eigenvalue weighted by atomic mass is 16.6. The van der Waals surface area contributed by atoms with Crippen molar-refractivity contribution in [3.8, 4) is 16.9 Å². The summed E-state index contributed by atoms with van der Waals surface area (Å²) in [7, 11) is 0. The van der Waals surface area contributed by atoms with Gasteiger partial charge in [0.05, 0.1) is 5.69 Å². The lowest BCUT2D eigenvalue weighted by molar-refractivity contribution is -0.129. The Hall–Kier alpha value is -4.32. The van der Waals surface area contributed by atoms with Crippen LogP contribution in [0.2, 0.25) is 0 Å². The summed E-state index contributed by atoms with van der Waals surface area (Å²) in [6.45, 7) is 0. The van der Waals surface area contributed by atoms with E-state index in [9.17, 15) is 4.79 Å². The Bertz CT molecular complexity index is 1260. The van der Waals surface area contributed by atoms with Crippen molar-refractivity contribution in [3.63, 3.8) is 0 Å². The topological polar surface area (TPSA) is 69.4 Å². The molecule has 0 aliphatic carbocycles. The predicted octanol–water partition coefficient (Wildman–Crippen LogP) is 4.28. The Kier molecular flexibility index (Phi) is 4.50. The average molecular weight is 392 g/mol. The number of aliphatic imine (C=N–C) groups is 1. The van der Waals surface area contributed by atoms with Crippen LogP contribution in [0.4, 0.5) is 0 Å².